The lowest BCUT2D eigenvalue weighted by Crippen LogP contribution is -2.01. The maximum Gasteiger partial charge on any atom is 0.373 e. The summed E-state index contributed by atoms with van der Waals surface area (Å²) >= 11 is 0. The van der Waals surface area contributed by atoms with Gasteiger partial charge >= 0.3 is 11.9 Å². The van der Waals surface area contributed by atoms with Crippen LogP contribution in [0.4, 0.5) is 5.69 Å². The first kappa shape index (κ1) is 15.6. The number of anilines is 1. The van der Waals surface area contributed by atoms with E-state index in [2.05, 4.69) is 10.1 Å². The molecule has 0 fully saturated rings. The molecule has 0 saturated heterocycles. The molecule has 116 valence electrons. The van der Waals surface area contributed by atoms with Gasteiger partial charge in [-0.25, -0.2) is 4.79 Å². The normalized spacial score (nSPS) is 10.2. The number of carboxylic acid groups (broad SMARTS) is 1. The number of ether oxygens (including phenoxy) is 1. The average molecular weight is 303 g/mol. The van der Waals surface area contributed by atoms with Gasteiger partial charge in [0.25, 0.3) is 0 Å². The Balaban J connectivity index is 1.93. The lowest BCUT2D eigenvalue weighted by molar-refractivity contribution is -0.136. The van der Waals surface area contributed by atoms with Crippen molar-refractivity contribution in [2.24, 2.45) is 0 Å². The number of hydrogen-bond acceptors (Lipinski definition) is 5. The number of rotatable bonds is 7. The number of hydrogen-bond donors (Lipinski definition) is 2. The maximum absolute atomic E-state index is 11.3. The van der Waals surface area contributed by atoms with Crippen LogP contribution in [0.15, 0.2) is 40.8 Å². The largest absolute Gasteiger partial charge is 0.481 e. The Kier molecular flexibility index (Phi) is 5.19. The predicted octanol–water partition coefficient (Wildman–Crippen LogP) is 2.70. The SMILES string of the molecule is COC(=O)c1ccc(CNc2cccc(CCC(=O)O)c2)o1. The summed E-state index contributed by atoms with van der Waals surface area (Å²) in [7, 11) is 1.30. The second-order valence-corrected chi connectivity index (χ2v) is 4.71. The van der Waals surface area contributed by atoms with Crippen LogP contribution in [0.2, 0.25) is 0 Å². The van der Waals surface area contributed by atoms with Gasteiger partial charge in [0.15, 0.2) is 0 Å². The second-order valence-electron chi connectivity index (χ2n) is 4.71. The van der Waals surface area contributed by atoms with Gasteiger partial charge in [0.2, 0.25) is 5.76 Å². The number of esters is 1. The molecule has 0 atom stereocenters. The van der Waals surface area contributed by atoms with E-state index in [-0.39, 0.29) is 12.2 Å². The molecule has 1 aromatic heterocycles. The third-order valence-corrected chi connectivity index (χ3v) is 3.07. The van der Waals surface area contributed by atoms with E-state index < -0.39 is 11.9 Å². The van der Waals surface area contributed by atoms with Crippen molar-refractivity contribution in [3.63, 3.8) is 0 Å². The summed E-state index contributed by atoms with van der Waals surface area (Å²) in [6.45, 7) is 0.416. The van der Waals surface area contributed by atoms with Gasteiger partial charge in [0.1, 0.15) is 5.76 Å². The quantitative estimate of drug-likeness (QED) is 0.764. The number of carbonyl (C=O) groups excluding carboxylic acids is 1. The minimum Gasteiger partial charge on any atom is -0.481 e. The predicted molar refractivity (Wildman–Crippen MR) is 79.8 cm³/mol. The standard InChI is InChI=1S/C16H17NO5/c1-21-16(20)14-7-6-13(22-14)10-17-12-4-2-3-11(9-12)5-8-15(18)19/h2-4,6-7,9,17H,5,8,10H2,1H3,(H,18,19). The topological polar surface area (TPSA) is 88.8 Å². The van der Waals surface area contributed by atoms with Crippen LogP contribution < -0.4 is 5.32 Å². The van der Waals surface area contributed by atoms with Crippen molar-refractivity contribution in [2.45, 2.75) is 19.4 Å². The first-order valence-corrected chi connectivity index (χ1v) is 6.80. The van der Waals surface area contributed by atoms with Crippen molar-refractivity contribution >= 4 is 17.6 Å². The van der Waals surface area contributed by atoms with E-state index in [4.69, 9.17) is 9.52 Å². The minimum absolute atomic E-state index is 0.101. The molecule has 0 bridgehead atoms. The van der Waals surface area contributed by atoms with Crippen LogP contribution in [-0.2, 0) is 22.5 Å². The monoisotopic (exact) mass is 303 g/mol. The van der Waals surface area contributed by atoms with E-state index in [1.807, 2.05) is 24.3 Å². The Morgan fingerprint density at radius 1 is 1.27 bits per heavy atom. The molecule has 2 aromatic rings. The number of aryl methyl sites for hydroxylation is 1. The molecule has 0 spiro atoms. The van der Waals surface area contributed by atoms with E-state index in [1.165, 1.54) is 7.11 Å². The smallest absolute Gasteiger partial charge is 0.373 e. The number of nitrogens with one attached hydrogen (secondary N) is 1. The van der Waals surface area contributed by atoms with Crippen LogP contribution in [0.1, 0.15) is 28.3 Å². The van der Waals surface area contributed by atoms with Gasteiger partial charge in [-0.05, 0) is 36.2 Å². The Labute approximate surface area is 127 Å². The Morgan fingerprint density at radius 3 is 2.82 bits per heavy atom. The van der Waals surface area contributed by atoms with Gasteiger partial charge in [0.05, 0.1) is 13.7 Å². The van der Waals surface area contributed by atoms with Gasteiger partial charge in [-0.2, -0.15) is 0 Å². The van der Waals surface area contributed by atoms with Gasteiger partial charge in [-0.1, -0.05) is 12.1 Å². The molecule has 0 saturated carbocycles. The van der Waals surface area contributed by atoms with Crippen LogP contribution in [0.3, 0.4) is 0 Å². The van der Waals surface area contributed by atoms with Crippen molar-refractivity contribution in [3.8, 4) is 0 Å². The molecule has 1 aromatic carbocycles. The molecule has 0 amide bonds. The van der Waals surface area contributed by atoms with Crippen LogP contribution in [0, 0.1) is 0 Å². The Morgan fingerprint density at radius 2 is 2.09 bits per heavy atom. The van der Waals surface area contributed by atoms with E-state index in [9.17, 15) is 9.59 Å². The summed E-state index contributed by atoms with van der Waals surface area (Å²) in [5.41, 5.74) is 1.81. The van der Waals surface area contributed by atoms with Crippen LogP contribution in [0.5, 0.6) is 0 Å². The van der Waals surface area contributed by atoms with Crippen molar-refractivity contribution < 1.29 is 23.8 Å². The highest BCUT2D eigenvalue weighted by Crippen LogP contribution is 2.15. The highest BCUT2D eigenvalue weighted by atomic mass is 16.5. The second kappa shape index (κ2) is 7.31. The number of methoxy groups -OCH3 is 1. The zero-order valence-corrected chi connectivity index (χ0v) is 12.2. The summed E-state index contributed by atoms with van der Waals surface area (Å²) in [5, 5.41) is 11.9. The van der Waals surface area contributed by atoms with Gasteiger partial charge in [-0.3, -0.25) is 4.79 Å². The van der Waals surface area contributed by atoms with E-state index in [1.54, 1.807) is 12.1 Å². The van der Waals surface area contributed by atoms with E-state index in [0.717, 1.165) is 11.3 Å². The van der Waals surface area contributed by atoms with E-state index in [0.29, 0.717) is 18.7 Å². The highest BCUT2D eigenvalue weighted by Gasteiger charge is 2.10. The molecule has 0 radical (unpaired) electrons. The molecule has 1 heterocycles. The molecule has 2 N–H and O–H groups in total. The number of carbonyl (C=O) groups is 2. The first-order valence-electron chi connectivity index (χ1n) is 6.80. The van der Waals surface area contributed by atoms with Crippen molar-refractivity contribution in [1.29, 1.82) is 0 Å². The molecule has 22 heavy (non-hydrogen) atoms. The van der Waals surface area contributed by atoms with Crippen LogP contribution >= 0.6 is 0 Å². The molecule has 6 heteroatoms. The Bertz CT molecular complexity index is 662. The zero-order valence-electron chi connectivity index (χ0n) is 12.2. The van der Waals surface area contributed by atoms with Crippen LogP contribution in [0.25, 0.3) is 0 Å². The number of carboxylic acids is 1. The third-order valence-electron chi connectivity index (χ3n) is 3.07. The molecular weight excluding hydrogens is 286 g/mol. The van der Waals surface area contributed by atoms with Crippen molar-refractivity contribution in [3.05, 3.63) is 53.5 Å². The van der Waals surface area contributed by atoms with Gasteiger partial charge in [0, 0.05) is 12.1 Å². The lowest BCUT2D eigenvalue weighted by atomic mass is 10.1. The molecule has 0 unspecified atom stereocenters. The highest BCUT2D eigenvalue weighted by molar-refractivity contribution is 5.86. The van der Waals surface area contributed by atoms with Crippen molar-refractivity contribution in [1.82, 2.24) is 0 Å². The fourth-order valence-electron chi connectivity index (χ4n) is 1.96. The van der Waals surface area contributed by atoms with Crippen molar-refractivity contribution in [2.75, 3.05) is 12.4 Å². The molecule has 0 aliphatic rings. The fraction of sp³-hybridized carbons (Fsp3) is 0.250. The zero-order chi connectivity index (χ0) is 15.9. The van der Waals surface area contributed by atoms with Crippen LogP contribution in [-0.4, -0.2) is 24.2 Å². The maximum atomic E-state index is 11.3. The fourth-order valence-corrected chi connectivity index (χ4v) is 1.96. The molecule has 6 nitrogen and oxygen atoms in total. The molecule has 0 aliphatic carbocycles. The molecular formula is C16H17NO5. The number of furan rings is 1. The summed E-state index contributed by atoms with van der Waals surface area (Å²) in [6.07, 6.45) is 0.586. The number of aliphatic carboxylic acids is 1. The summed E-state index contributed by atoms with van der Waals surface area (Å²) in [4.78, 5) is 21.9. The van der Waals surface area contributed by atoms with Gasteiger partial charge < -0.3 is 19.6 Å². The summed E-state index contributed by atoms with van der Waals surface area (Å²) < 4.78 is 9.93. The molecule has 2 rings (SSSR count). The van der Waals surface area contributed by atoms with Gasteiger partial charge in [-0.15, -0.1) is 0 Å². The lowest BCUT2D eigenvalue weighted by Gasteiger charge is -2.06. The Hall–Kier alpha value is -2.76. The summed E-state index contributed by atoms with van der Waals surface area (Å²) in [5.74, 6) is -0.558. The average Bonchev–Trinajstić information content (AvgIpc) is 2.99. The molecule has 0 aliphatic heterocycles. The third kappa shape index (κ3) is 4.37. The first-order chi connectivity index (χ1) is 10.6. The minimum atomic E-state index is -0.815. The number of benzene rings is 1. The van der Waals surface area contributed by atoms with E-state index >= 15 is 0 Å². The summed E-state index contributed by atoms with van der Waals surface area (Å²) in [6, 6.07) is 10.8.